The lowest BCUT2D eigenvalue weighted by Crippen LogP contribution is -2.05. The molecule has 3 aromatic rings. The topological polar surface area (TPSA) is 44.2 Å². The van der Waals surface area contributed by atoms with E-state index in [9.17, 15) is 8.78 Å². The Bertz CT molecular complexity index is 1020. The van der Waals surface area contributed by atoms with Gasteiger partial charge in [-0.2, -0.15) is 0 Å². The molecule has 3 rings (SSSR count). The molecule has 28 heavy (non-hydrogen) atoms. The van der Waals surface area contributed by atoms with Crippen molar-refractivity contribution < 1.29 is 18.3 Å². The molecule has 0 N–H and O–H groups in total. The summed E-state index contributed by atoms with van der Waals surface area (Å²) >= 11 is 6.53. The molecule has 0 aliphatic heterocycles. The lowest BCUT2D eigenvalue weighted by Gasteiger charge is -2.18. The predicted molar refractivity (Wildman–Crippen MR) is 105 cm³/mol. The Morgan fingerprint density at radius 2 is 1.68 bits per heavy atom. The minimum atomic E-state index is -0.700. The lowest BCUT2D eigenvalue weighted by atomic mass is 9.95. The molecule has 0 unspecified atom stereocenters. The zero-order valence-corrected chi connectivity index (χ0v) is 16.7. The summed E-state index contributed by atoms with van der Waals surface area (Å²) in [6.45, 7) is 3.58. The number of aryl methyl sites for hydroxylation is 2. The Kier molecular flexibility index (Phi) is 5.79. The minimum Gasteiger partial charge on any atom is -0.497 e. The van der Waals surface area contributed by atoms with Crippen molar-refractivity contribution in [2.75, 3.05) is 14.2 Å². The standard InChI is InChI=1S/C21H19ClF2N2O2/c1-5-16-19(18-14(23)7-6-8-15(18)24)21(26-11(2)25-16)13-9-12(27-3)10-17(28-4)20(13)22/h6-10H,5H2,1-4H3. The number of rotatable bonds is 5. The van der Waals surface area contributed by atoms with Crippen molar-refractivity contribution in [2.24, 2.45) is 0 Å². The summed E-state index contributed by atoms with van der Waals surface area (Å²) in [5.41, 5.74) is 1.35. The van der Waals surface area contributed by atoms with E-state index in [0.717, 1.165) is 0 Å². The van der Waals surface area contributed by atoms with E-state index in [1.165, 1.54) is 32.4 Å². The third kappa shape index (κ3) is 3.52. The molecule has 0 saturated carbocycles. The molecule has 0 spiro atoms. The van der Waals surface area contributed by atoms with Crippen molar-refractivity contribution in [1.82, 2.24) is 9.97 Å². The maximum Gasteiger partial charge on any atom is 0.141 e. The van der Waals surface area contributed by atoms with E-state index in [1.807, 2.05) is 6.92 Å². The Morgan fingerprint density at radius 1 is 1.00 bits per heavy atom. The summed E-state index contributed by atoms with van der Waals surface area (Å²) in [5, 5.41) is 0.265. The van der Waals surface area contributed by atoms with Gasteiger partial charge in [0.2, 0.25) is 0 Å². The van der Waals surface area contributed by atoms with Gasteiger partial charge in [0.15, 0.2) is 0 Å². The van der Waals surface area contributed by atoms with Crippen molar-refractivity contribution in [3.63, 3.8) is 0 Å². The van der Waals surface area contributed by atoms with Gasteiger partial charge < -0.3 is 9.47 Å². The SMILES string of the molecule is CCc1nc(C)nc(-c2cc(OC)cc(OC)c2Cl)c1-c1c(F)cccc1F. The molecule has 1 aromatic heterocycles. The van der Waals surface area contributed by atoms with Crippen LogP contribution in [0.4, 0.5) is 8.78 Å². The Balaban J connectivity index is 2.45. The molecule has 146 valence electrons. The largest absolute Gasteiger partial charge is 0.497 e. The average molecular weight is 405 g/mol. The smallest absolute Gasteiger partial charge is 0.141 e. The van der Waals surface area contributed by atoms with E-state index in [4.69, 9.17) is 21.1 Å². The molecule has 0 amide bonds. The molecular formula is C21H19ClF2N2O2. The minimum absolute atomic E-state index is 0.188. The van der Waals surface area contributed by atoms with Gasteiger partial charge in [-0.1, -0.05) is 24.6 Å². The second-order valence-electron chi connectivity index (χ2n) is 6.08. The summed E-state index contributed by atoms with van der Waals surface area (Å²) in [4.78, 5) is 8.88. The van der Waals surface area contributed by atoms with Crippen molar-refractivity contribution in [2.45, 2.75) is 20.3 Å². The number of nitrogens with zero attached hydrogens (tertiary/aromatic N) is 2. The van der Waals surface area contributed by atoms with Crippen molar-refractivity contribution in [3.8, 4) is 33.9 Å². The van der Waals surface area contributed by atoms with Crippen LogP contribution in [0.5, 0.6) is 11.5 Å². The third-order valence-electron chi connectivity index (χ3n) is 4.37. The molecule has 2 aromatic carbocycles. The van der Waals surface area contributed by atoms with Crippen LogP contribution in [0.1, 0.15) is 18.4 Å². The van der Waals surface area contributed by atoms with Crippen LogP contribution in [0, 0.1) is 18.6 Å². The first-order chi connectivity index (χ1) is 13.4. The van der Waals surface area contributed by atoms with E-state index in [2.05, 4.69) is 9.97 Å². The number of aromatic nitrogens is 2. The van der Waals surface area contributed by atoms with Gasteiger partial charge in [0.25, 0.3) is 0 Å². The highest BCUT2D eigenvalue weighted by Gasteiger charge is 2.24. The summed E-state index contributed by atoms with van der Waals surface area (Å²) in [7, 11) is 2.98. The highest BCUT2D eigenvalue weighted by molar-refractivity contribution is 6.35. The predicted octanol–water partition coefficient (Wildman–Crippen LogP) is 5.63. The first-order valence-corrected chi connectivity index (χ1v) is 9.02. The number of benzene rings is 2. The molecule has 7 heteroatoms. The monoisotopic (exact) mass is 404 g/mol. The number of ether oxygens (including phenoxy) is 2. The van der Waals surface area contributed by atoms with Gasteiger partial charge in [-0.25, -0.2) is 18.7 Å². The van der Waals surface area contributed by atoms with Crippen molar-refractivity contribution in [1.29, 1.82) is 0 Å². The Hall–Kier alpha value is -2.73. The average Bonchev–Trinajstić information content (AvgIpc) is 2.68. The molecule has 0 bridgehead atoms. The van der Waals surface area contributed by atoms with Crippen LogP contribution in [0.3, 0.4) is 0 Å². The maximum absolute atomic E-state index is 14.7. The van der Waals surface area contributed by atoms with Crippen LogP contribution < -0.4 is 9.47 Å². The fourth-order valence-corrected chi connectivity index (χ4v) is 3.37. The molecule has 4 nitrogen and oxygen atoms in total. The fourth-order valence-electron chi connectivity index (χ4n) is 3.09. The first kappa shape index (κ1) is 20.0. The molecule has 0 saturated heterocycles. The van der Waals surface area contributed by atoms with E-state index in [0.29, 0.717) is 40.7 Å². The van der Waals surface area contributed by atoms with E-state index in [1.54, 1.807) is 19.1 Å². The Labute approximate surface area is 167 Å². The van der Waals surface area contributed by atoms with Gasteiger partial charge in [0.05, 0.1) is 36.2 Å². The van der Waals surface area contributed by atoms with Gasteiger partial charge >= 0.3 is 0 Å². The summed E-state index contributed by atoms with van der Waals surface area (Å²) in [6.07, 6.45) is 0.457. The van der Waals surface area contributed by atoms with Gasteiger partial charge in [-0.05, 0) is 31.5 Å². The quantitative estimate of drug-likeness (QED) is 0.552. The second kappa shape index (κ2) is 8.10. The summed E-state index contributed by atoms with van der Waals surface area (Å²) < 4.78 is 40.0. The van der Waals surface area contributed by atoms with Crippen molar-refractivity contribution >= 4 is 11.6 Å². The van der Waals surface area contributed by atoms with Gasteiger partial charge in [0, 0.05) is 17.2 Å². The number of hydrogen-bond donors (Lipinski definition) is 0. The zero-order valence-electron chi connectivity index (χ0n) is 15.9. The van der Waals surface area contributed by atoms with Gasteiger partial charge in [-0.15, -0.1) is 0 Å². The highest BCUT2D eigenvalue weighted by atomic mass is 35.5. The van der Waals surface area contributed by atoms with E-state index in [-0.39, 0.29) is 16.1 Å². The zero-order chi connectivity index (χ0) is 20.4. The molecule has 1 heterocycles. The van der Waals surface area contributed by atoms with Gasteiger partial charge in [-0.3, -0.25) is 0 Å². The van der Waals surface area contributed by atoms with Crippen LogP contribution in [-0.2, 0) is 6.42 Å². The summed E-state index contributed by atoms with van der Waals surface area (Å²) in [5.74, 6) is -0.0928. The van der Waals surface area contributed by atoms with Crippen LogP contribution in [0.15, 0.2) is 30.3 Å². The number of hydrogen-bond acceptors (Lipinski definition) is 4. The number of methoxy groups -OCH3 is 2. The molecule has 0 radical (unpaired) electrons. The van der Waals surface area contributed by atoms with Crippen LogP contribution >= 0.6 is 11.6 Å². The maximum atomic E-state index is 14.7. The van der Waals surface area contributed by atoms with Crippen LogP contribution in [0.25, 0.3) is 22.4 Å². The lowest BCUT2D eigenvalue weighted by molar-refractivity contribution is 0.395. The molecule has 0 aliphatic rings. The fraction of sp³-hybridized carbons (Fsp3) is 0.238. The molecular weight excluding hydrogens is 386 g/mol. The van der Waals surface area contributed by atoms with Crippen LogP contribution in [-0.4, -0.2) is 24.2 Å². The Morgan fingerprint density at radius 3 is 2.25 bits per heavy atom. The molecule has 0 fully saturated rings. The highest BCUT2D eigenvalue weighted by Crippen LogP contribution is 2.43. The van der Waals surface area contributed by atoms with Crippen molar-refractivity contribution in [3.05, 3.63) is 58.5 Å². The normalized spacial score (nSPS) is 10.8. The summed E-state index contributed by atoms with van der Waals surface area (Å²) in [6, 6.07) is 7.01. The number of halogens is 3. The second-order valence-corrected chi connectivity index (χ2v) is 6.46. The molecule has 0 atom stereocenters. The first-order valence-electron chi connectivity index (χ1n) is 8.65. The third-order valence-corrected chi connectivity index (χ3v) is 4.76. The van der Waals surface area contributed by atoms with E-state index < -0.39 is 11.6 Å². The van der Waals surface area contributed by atoms with E-state index >= 15 is 0 Å². The van der Waals surface area contributed by atoms with Crippen LogP contribution in [0.2, 0.25) is 5.02 Å². The van der Waals surface area contributed by atoms with Gasteiger partial charge in [0.1, 0.15) is 29.0 Å². The molecule has 0 aliphatic carbocycles.